The lowest BCUT2D eigenvalue weighted by Crippen LogP contribution is -2.36. The molecule has 2 aromatic carbocycles. The molecular weight excluding hydrogens is 431 g/mol. The molecule has 3 amide bonds. The molecule has 0 atom stereocenters. The number of nitrogens with one attached hydrogen (secondary N) is 1. The van der Waals surface area contributed by atoms with Gasteiger partial charge in [0.15, 0.2) is 0 Å². The van der Waals surface area contributed by atoms with Crippen molar-refractivity contribution in [3.63, 3.8) is 0 Å². The van der Waals surface area contributed by atoms with Crippen molar-refractivity contribution in [2.75, 3.05) is 11.9 Å². The van der Waals surface area contributed by atoms with E-state index in [-0.39, 0.29) is 11.4 Å². The molecule has 150 valence electrons. The molecule has 0 bridgehead atoms. The lowest BCUT2D eigenvalue weighted by atomic mass is 10.1. The van der Waals surface area contributed by atoms with E-state index in [0.717, 1.165) is 33.4 Å². The summed E-state index contributed by atoms with van der Waals surface area (Å²) in [5, 5.41) is 2.94. The molecule has 1 N–H and O–H groups in total. The molecule has 2 aromatic rings. The quantitative estimate of drug-likeness (QED) is 0.618. The number of aryl methyl sites for hydroxylation is 3. The van der Waals surface area contributed by atoms with E-state index >= 15 is 0 Å². The lowest BCUT2D eigenvalue weighted by molar-refractivity contribution is -0.127. The number of halogens is 2. The van der Waals surface area contributed by atoms with Gasteiger partial charge in [-0.2, -0.15) is 0 Å². The molecule has 0 aromatic heterocycles. The van der Waals surface area contributed by atoms with E-state index in [9.17, 15) is 14.4 Å². The van der Waals surface area contributed by atoms with Gasteiger partial charge in [0, 0.05) is 5.69 Å². The summed E-state index contributed by atoms with van der Waals surface area (Å²) in [5.74, 6) is -0.979. The summed E-state index contributed by atoms with van der Waals surface area (Å²) in [7, 11) is 0. The Labute approximate surface area is 183 Å². The van der Waals surface area contributed by atoms with Crippen molar-refractivity contribution < 1.29 is 14.4 Å². The van der Waals surface area contributed by atoms with Crippen molar-refractivity contribution in [3.05, 3.63) is 67.5 Å². The van der Waals surface area contributed by atoms with Gasteiger partial charge in [0.2, 0.25) is 5.91 Å². The molecule has 0 unspecified atom stereocenters. The largest absolute Gasteiger partial charge is 0.324 e. The topological polar surface area (TPSA) is 66.5 Å². The van der Waals surface area contributed by atoms with Crippen LogP contribution in [-0.2, 0) is 9.59 Å². The van der Waals surface area contributed by atoms with E-state index in [4.69, 9.17) is 23.2 Å². The van der Waals surface area contributed by atoms with Gasteiger partial charge in [-0.15, -0.1) is 0 Å². The Kier molecular flexibility index (Phi) is 6.36. The summed E-state index contributed by atoms with van der Waals surface area (Å²) >= 11 is 12.9. The molecule has 0 aliphatic carbocycles. The van der Waals surface area contributed by atoms with E-state index in [1.165, 1.54) is 6.08 Å². The number of carbonyl (C=O) groups is 3. The van der Waals surface area contributed by atoms with Gasteiger partial charge in [0.25, 0.3) is 11.1 Å². The third kappa shape index (κ3) is 4.66. The lowest BCUT2D eigenvalue weighted by Gasteiger charge is -2.15. The molecule has 0 spiro atoms. The molecule has 1 saturated heterocycles. The van der Waals surface area contributed by atoms with Crippen LogP contribution in [0.4, 0.5) is 10.5 Å². The van der Waals surface area contributed by atoms with E-state index in [1.54, 1.807) is 18.2 Å². The van der Waals surface area contributed by atoms with E-state index in [2.05, 4.69) is 5.32 Å². The number of anilines is 1. The summed E-state index contributed by atoms with van der Waals surface area (Å²) < 4.78 is 0. The first-order valence-corrected chi connectivity index (χ1v) is 10.3. The van der Waals surface area contributed by atoms with Crippen molar-refractivity contribution in [3.8, 4) is 0 Å². The molecule has 0 radical (unpaired) electrons. The van der Waals surface area contributed by atoms with Crippen molar-refractivity contribution in [1.29, 1.82) is 0 Å². The molecule has 29 heavy (non-hydrogen) atoms. The molecule has 0 saturated carbocycles. The van der Waals surface area contributed by atoms with Crippen LogP contribution < -0.4 is 5.32 Å². The molecular formula is C21H18Cl2N2O3S. The van der Waals surface area contributed by atoms with Gasteiger partial charge in [-0.3, -0.25) is 19.3 Å². The Morgan fingerprint density at radius 1 is 1.14 bits per heavy atom. The number of hydrogen-bond donors (Lipinski definition) is 1. The summed E-state index contributed by atoms with van der Waals surface area (Å²) in [4.78, 5) is 38.5. The average molecular weight is 449 g/mol. The van der Waals surface area contributed by atoms with Crippen LogP contribution in [0.2, 0.25) is 10.0 Å². The molecule has 5 nitrogen and oxygen atoms in total. The van der Waals surface area contributed by atoms with Gasteiger partial charge in [-0.25, -0.2) is 0 Å². The fraction of sp³-hybridized carbons (Fsp3) is 0.190. The van der Waals surface area contributed by atoms with E-state index in [0.29, 0.717) is 21.3 Å². The number of rotatable bonds is 4. The van der Waals surface area contributed by atoms with Gasteiger partial charge in [-0.05, 0) is 61.4 Å². The van der Waals surface area contributed by atoms with Crippen molar-refractivity contribution >= 4 is 63.8 Å². The van der Waals surface area contributed by atoms with Gasteiger partial charge in [0.1, 0.15) is 6.54 Å². The number of hydrogen-bond acceptors (Lipinski definition) is 4. The van der Waals surface area contributed by atoms with Gasteiger partial charge >= 0.3 is 0 Å². The minimum atomic E-state index is -0.538. The van der Waals surface area contributed by atoms with Crippen LogP contribution in [0.5, 0.6) is 0 Å². The third-order valence-corrected chi connectivity index (χ3v) is 6.13. The van der Waals surface area contributed by atoms with Crippen molar-refractivity contribution in [1.82, 2.24) is 4.90 Å². The number of thioether (sulfide) groups is 1. The van der Waals surface area contributed by atoms with Gasteiger partial charge in [-0.1, -0.05) is 53.0 Å². The second-order valence-corrected chi connectivity index (χ2v) is 8.51. The Hall–Kier alpha value is -2.28. The minimum absolute atomic E-state index is 0.190. The highest BCUT2D eigenvalue weighted by molar-refractivity contribution is 8.18. The molecule has 1 heterocycles. The molecule has 1 aliphatic heterocycles. The van der Waals surface area contributed by atoms with E-state index < -0.39 is 17.1 Å². The predicted molar refractivity (Wildman–Crippen MR) is 118 cm³/mol. The fourth-order valence-corrected chi connectivity index (χ4v) is 4.30. The van der Waals surface area contributed by atoms with Crippen LogP contribution in [0.15, 0.2) is 35.2 Å². The van der Waals surface area contributed by atoms with Gasteiger partial charge in [0.05, 0.1) is 15.0 Å². The second-order valence-electron chi connectivity index (χ2n) is 6.73. The van der Waals surface area contributed by atoms with Crippen LogP contribution >= 0.6 is 35.0 Å². The third-order valence-electron chi connectivity index (χ3n) is 4.38. The fourth-order valence-electron chi connectivity index (χ4n) is 3.11. The Morgan fingerprint density at radius 2 is 1.79 bits per heavy atom. The first-order chi connectivity index (χ1) is 13.7. The van der Waals surface area contributed by atoms with Crippen LogP contribution in [0.1, 0.15) is 22.3 Å². The first-order valence-electron chi connectivity index (χ1n) is 8.74. The number of imide groups is 1. The monoisotopic (exact) mass is 448 g/mol. The van der Waals surface area contributed by atoms with Crippen LogP contribution in [0, 0.1) is 20.8 Å². The van der Waals surface area contributed by atoms with Crippen LogP contribution in [0.3, 0.4) is 0 Å². The average Bonchev–Trinajstić information content (AvgIpc) is 2.89. The maximum Gasteiger partial charge on any atom is 0.294 e. The summed E-state index contributed by atoms with van der Waals surface area (Å²) in [6, 6.07) is 8.94. The summed E-state index contributed by atoms with van der Waals surface area (Å²) in [6.07, 6.45) is 1.51. The van der Waals surface area contributed by atoms with Crippen LogP contribution in [0.25, 0.3) is 6.08 Å². The number of nitrogens with zero attached hydrogens (tertiary/aromatic N) is 1. The van der Waals surface area contributed by atoms with Crippen molar-refractivity contribution in [2.45, 2.75) is 20.8 Å². The summed E-state index contributed by atoms with van der Waals surface area (Å²) in [6.45, 7) is 5.41. The highest BCUT2D eigenvalue weighted by Crippen LogP contribution is 2.35. The molecule has 8 heteroatoms. The standard InChI is InChI=1S/C21H18Cl2N2O3S/c1-11-7-12(2)19(13(3)8-11)24-17(26)10-25-20(27)16(29-21(25)28)9-14-5-4-6-15(22)18(14)23/h4-9H,10H2,1-3H3,(H,24,26)/b16-9+. The van der Waals surface area contributed by atoms with Crippen molar-refractivity contribution in [2.24, 2.45) is 0 Å². The Morgan fingerprint density at radius 3 is 2.45 bits per heavy atom. The molecule has 1 aliphatic rings. The predicted octanol–water partition coefficient (Wildman–Crippen LogP) is 5.59. The van der Waals surface area contributed by atoms with E-state index in [1.807, 2.05) is 32.9 Å². The van der Waals surface area contributed by atoms with Gasteiger partial charge < -0.3 is 5.32 Å². The number of carbonyl (C=O) groups excluding carboxylic acids is 3. The maximum atomic E-state index is 12.6. The van der Waals surface area contributed by atoms with Crippen LogP contribution in [-0.4, -0.2) is 28.5 Å². The minimum Gasteiger partial charge on any atom is -0.324 e. The highest BCUT2D eigenvalue weighted by Gasteiger charge is 2.36. The first kappa shape index (κ1) is 21.4. The summed E-state index contributed by atoms with van der Waals surface area (Å²) in [5.41, 5.74) is 4.14. The number of benzene rings is 2. The zero-order chi connectivity index (χ0) is 21.3. The highest BCUT2D eigenvalue weighted by atomic mass is 35.5. The molecule has 3 rings (SSSR count). The zero-order valence-corrected chi connectivity index (χ0v) is 18.3. The second kappa shape index (κ2) is 8.61. The Bertz CT molecular complexity index is 1040. The maximum absolute atomic E-state index is 12.6. The number of amides is 3. The SMILES string of the molecule is Cc1cc(C)c(NC(=O)CN2C(=O)S/C(=C/c3cccc(Cl)c3Cl)C2=O)c(C)c1. The zero-order valence-electron chi connectivity index (χ0n) is 16.0. The smallest absolute Gasteiger partial charge is 0.294 e. The molecule has 1 fully saturated rings. The normalized spacial score (nSPS) is 15.3. The Balaban J connectivity index is 1.76.